The van der Waals surface area contributed by atoms with Gasteiger partial charge in [0.05, 0.1) is 19.4 Å². The number of carbonyl (C=O) groups is 1. The number of halogens is 2. The average molecular weight is 359 g/mol. The Kier molecular flexibility index (Phi) is 9.44. The van der Waals surface area contributed by atoms with Gasteiger partial charge in [0.15, 0.2) is 0 Å². The number of methoxy groups -OCH3 is 1. The molecule has 0 aliphatic heterocycles. The second-order valence-corrected chi connectivity index (χ2v) is 4.72. The van der Waals surface area contributed by atoms with Crippen LogP contribution in [0.1, 0.15) is 11.3 Å². The second kappa shape index (κ2) is 10.2. The predicted octanol–water partition coefficient (Wildman–Crippen LogP) is 2.13. The molecule has 1 heterocycles. The molecule has 0 aliphatic carbocycles. The van der Waals surface area contributed by atoms with E-state index >= 15 is 0 Å². The molecule has 0 fully saturated rings. The van der Waals surface area contributed by atoms with Gasteiger partial charge in [-0.25, -0.2) is 0 Å². The van der Waals surface area contributed by atoms with Crippen LogP contribution in [0.4, 0.5) is 0 Å². The third kappa shape index (κ3) is 5.80. The second-order valence-electron chi connectivity index (χ2n) is 4.72. The maximum Gasteiger partial charge on any atom is 0.322 e. The monoisotopic (exact) mass is 358 g/mol. The Bertz CT molecular complexity index is 621. The number of rotatable bonds is 5. The van der Waals surface area contributed by atoms with Crippen molar-refractivity contribution in [1.82, 2.24) is 4.98 Å². The van der Waals surface area contributed by atoms with E-state index in [2.05, 4.69) is 9.72 Å². The normalized spacial score (nSPS) is 10.9. The first-order valence-corrected chi connectivity index (χ1v) is 6.62. The number of carbonyl (C=O) groups excluding carboxylic acids is 1. The summed E-state index contributed by atoms with van der Waals surface area (Å²) >= 11 is 0. The van der Waals surface area contributed by atoms with Gasteiger partial charge in [0.2, 0.25) is 0 Å². The van der Waals surface area contributed by atoms with Crippen LogP contribution < -0.4 is 5.73 Å². The molecule has 23 heavy (non-hydrogen) atoms. The lowest BCUT2D eigenvalue weighted by Gasteiger charge is -2.10. The van der Waals surface area contributed by atoms with E-state index in [0.717, 1.165) is 16.7 Å². The van der Waals surface area contributed by atoms with Crippen LogP contribution in [-0.4, -0.2) is 29.2 Å². The number of hydrogen-bond acceptors (Lipinski definition) is 5. The Morgan fingerprint density at radius 3 is 2.43 bits per heavy atom. The summed E-state index contributed by atoms with van der Waals surface area (Å²) in [4.78, 5) is 15.3. The molecule has 0 saturated carbocycles. The maximum absolute atomic E-state index is 11.3. The first kappa shape index (κ1) is 21.3. The first-order valence-electron chi connectivity index (χ1n) is 6.62. The van der Waals surface area contributed by atoms with Gasteiger partial charge in [-0.15, -0.1) is 24.8 Å². The lowest BCUT2D eigenvalue weighted by Crippen LogP contribution is -2.33. The van der Waals surface area contributed by atoms with Crippen LogP contribution in [-0.2, 0) is 22.6 Å². The molecule has 1 aromatic carbocycles. The fraction of sp³-hybridized carbons (Fsp3) is 0.250. The van der Waals surface area contributed by atoms with Crippen molar-refractivity contribution in [3.05, 3.63) is 53.9 Å². The number of aromatic nitrogens is 1. The van der Waals surface area contributed by atoms with E-state index in [1.54, 1.807) is 6.20 Å². The van der Waals surface area contributed by atoms with Crippen LogP contribution in [0.2, 0.25) is 0 Å². The van der Waals surface area contributed by atoms with E-state index in [1.165, 1.54) is 7.11 Å². The summed E-state index contributed by atoms with van der Waals surface area (Å²) in [6.07, 6.45) is 2.10. The Hall–Kier alpha value is -1.66. The summed E-state index contributed by atoms with van der Waals surface area (Å²) in [6.45, 7) is -0.0834. The quantitative estimate of drug-likeness (QED) is 0.799. The number of aliphatic hydroxyl groups is 1. The molecule has 1 unspecified atom stereocenters. The molecule has 2 rings (SSSR count). The van der Waals surface area contributed by atoms with Crippen molar-refractivity contribution in [3.8, 4) is 11.1 Å². The van der Waals surface area contributed by atoms with Crippen LogP contribution in [0, 0.1) is 0 Å². The largest absolute Gasteiger partial charge is 0.468 e. The molecule has 1 aromatic heterocycles. The smallest absolute Gasteiger partial charge is 0.322 e. The van der Waals surface area contributed by atoms with Crippen LogP contribution in [0.25, 0.3) is 11.1 Å². The first-order chi connectivity index (χ1) is 10.1. The van der Waals surface area contributed by atoms with E-state index in [9.17, 15) is 4.79 Å². The number of nitrogens with zero attached hydrogens (tertiary/aromatic N) is 1. The van der Waals surface area contributed by atoms with Crippen LogP contribution in [0.5, 0.6) is 0 Å². The minimum Gasteiger partial charge on any atom is -0.468 e. The minimum absolute atomic E-state index is 0. The maximum atomic E-state index is 11.3. The molecule has 0 saturated heterocycles. The van der Waals surface area contributed by atoms with Crippen molar-refractivity contribution in [1.29, 1.82) is 0 Å². The topological polar surface area (TPSA) is 85.4 Å². The van der Waals surface area contributed by atoms with Crippen molar-refractivity contribution in [3.63, 3.8) is 0 Å². The fourth-order valence-electron chi connectivity index (χ4n) is 2.07. The summed E-state index contributed by atoms with van der Waals surface area (Å²) in [5.41, 5.74) is 9.33. The van der Waals surface area contributed by atoms with E-state index in [1.807, 2.05) is 36.4 Å². The highest BCUT2D eigenvalue weighted by molar-refractivity contribution is 5.85. The minimum atomic E-state index is -0.650. The molecular weight excluding hydrogens is 339 g/mol. The van der Waals surface area contributed by atoms with Gasteiger partial charge in [-0.3, -0.25) is 9.78 Å². The molecular formula is C16H20Cl2N2O3. The van der Waals surface area contributed by atoms with Gasteiger partial charge >= 0.3 is 5.97 Å². The third-order valence-corrected chi connectivity index (χ3v) is 3.23. The number of benzene rings is 1. The number of nitrogens with two attached hydrogens (primary N) is 1. The summed E-state index contributed by atoms with van der Waals surface area (Å²) in [5, 5.41) is 9.11. The predicted molar refractivity (Wildman–Crippen MR) is 93.8 cm³/mol. The zero-order valence-corrected chi connectivity index (χ0v) is 14.3. The van der Waals surface area contributed by atoms with Gasteiger partial charge in [-0.05, 0) is 35.2 Å². The Morgan fingerprint density at radius 1 is 1.22 bits per heavy atom. The highest BCUT2D eigenvalue weighted by atomic mass is 35.5. The van der Waals surface area contributed by atoms with Crippen molar-refractivity contribution >= 4 is 30.8 Å². The zero-order chi connectivity index (χ0) is 15.2. The van der Waals surface area contributed by atoms with E-state index < -0.39 is 12.0 Å². The Morgan fingerprint density at radius 2 is 1.87 bits per heavy atom. The molecule has 5 nitrogen and oxygen atoms in total. The molecule has 0 spiro atoms. The summed E-state index contributed by atoms with van der Waals surface area (Å²) in [7, 11) is 1.33. The van der Waals surface area contributed by atoms with Gasteiger partial charge in [-0.2, -0.15) is 0 Å². The van der Waals surface area contributed by atoms with Crippen LogP contribution >= 0.6 is 24.8 Å². The van der Waals surface area contributed by atoms with E-state index in [4.69, 9.17) is 10.8 Å². The summed E-state index contributed by atoms with van der Waals surface area (Å²) in [6, 6.07) is 10.8. The van der Waals surface area contributed by atoms with Crippen molar-refractivity contribution in [2.45, 2.75) is 19.1 Å². The molecule has 2 aromatic rings. The lowest BCUT2D eigenvalue weighted by molar-refractivity contribution is -0.142. The third-order valence-electron chi connectivity index (χ3n) is 3.23. The van der Waals surface area contributed by atoms with Gasteiger partial charge in [0.1, 0.15) is 6.04 Å². The highest BCUT2D eigenvalue weighted by Crippen LogP contribution is 2.20. The van der Waals surface area contributed by atoms with Crippen LogP contribution in [0.3, 0.4) is 0 Å². The van der Waals surface area contributed by atoms with Crippen molar-refractivity contribution in [2.75, 3.05) is 7.11 Å². The fourth-order valence-corrected chi connectivity index (χ4v) is 2.07. The number of ether oxygens (including phenoxy) is 1. The molecule has 0 amide bonds. The Labute approximate surface area is 147 Å². The van der Waals surface area contributed by atoms with Gasteiger partial charge in [0.25, 0.3) is 0 Å². The molecule has 3 N–H and O–H groups in total. The molecule has 0 bridgehead atoms. The molecule has 7 heteroatoms. The molecule has 0 aliphatic rings. The number of pyridine rings is 1. The highest BCUT2D eigenvalue weighted by Gasteiger charge is 2.14. The summed E-state index contributed by atoms with van der Waals surface area (Å²) < 4.78 is 4.61. The average Bonchev–Trinajstić information content (AvgIpc) is 2.54. The van der Waals surface area contributed by atoms with Crippen molar-refractivity contribution < 1.29 is 14.6 Å². The molecule has 0 radical (unpaired) electrons. The van der Waals surface area contributed by atoms with E-state index in [0.29, 0.717) is 12.1 Å². The molecule has 1 atom stereocenters. The zero-order valence-electron chi connectivity index (χ0n) is 12.6. The number of esters is 1. The van der Waals surface area contributed by atoms with Crippen LogP contribution in [0.15, 0.2) is 42.6 Å². The van der Waals surface area contributed by atoms with Gasteiger partial charge in [0, 0.05) is 6.20 Å². The van der Waals surface area contributed by atoms with Crippen molar-refractivity contribution in [2.24, 2.45) is 5.73 Å². The Balaban J connectivity index is 0.00000242. The number of hydrogen-bond donors (Lipinski definition) is 2. The lowest BCUT2D eigenvalue weighted by atomic mass is 10.0. The SMILES string of the molecule is COC(=O)C(N)Cc1ccc(-c2ccnc(CO)c2)cc1.Cl.Cl. The number of aliphatic hydroxyl groups excluding tert-OH is 1. The van der Waals surface area contributed by atoms with E-state index in [-0.39, 0.29) is 31.4 Å². The summed E-state index contributed by atoms with van der Waals surface area (Å²) in [5.74, 6) is -0.416. The van der Waals surface area contributed by atoms with Gasteiger partial charge < -0.3 is 15.6 Å². The van der Waals surface area contributed by atoms with Gasteiger partial charge in [-0.1, -0.05) is 24.3 Å². The molecule has 126 valence electrons. The standard InChI is InChI=1S/C16H18N2O3.2ClH/c1-21-16(20)15(17)8-11-2-4-12(5-3-11)13-6-7-18-14(9-13)10-19;;/h2-7,9,15,19H,8,10,17H2,1H3;2*1H.